The van der Waals surface area contributed by atoms with Gasteiger partial charge in [0.15, 0.2) is 0 Å². The molecule has 0 bridgehead atoms. The van der Waals surface area contributed by atoms with E-state index in [0.29, 0.717) is 17.9 Å². The lowest BCUT2D eigenvalue weighted by molar-refractivity contribution is -0.115. The normalized spacial score (nSPS) is 10.3. The summed E-state index contributed by atoms with van der Waals surface area (Å²) in [5.74, 6) is 0.618. The molecule has 19 heavy (non-hydrogen) atoms. The van der Waals surface area contributed by atoms with Crippen LogP contribution in [0.5, 0.6) is 5.75 Å². The Morgan fingerprint density at radius 3 is 2.74 bits per heavy atom. The third-order valence-corrected chi connectivity index (χ3v) is 2.88. The number of aromatic amines is 1. The van der Waals surface area contributed by atoms with Gasteiger partial charge in [0.2, 0.25) is 5.91 Å². The van der Waals surface area contributed by atoms with Crippen molar-refractivity contribution < 1.29 is 9.53 Å². The number of rotatable bonds is 4. The van der Waals surface area contributed by atoms with E-state index in [0.717, 1.165) is 16.8 Å². The van der Waals surface area contributed by atoms with Gasteiger partial charge >= 0.3 is 0 Å². The zero-order chi connectivity index (χ0) is 13.8. The number of benzene rings is 1. The second-order valence-electron chi connectivity index (χ2n) is 4.62. The van der Waals surface area contributed by atoms with Crippen molar-refractivity contribution in [3.63, 3.8) is 0 Å². The molecule has 1 aromatic carbocycles. The van der Waals surface area contributed by atoms with Gasteiger partial charge < -0.3 is 15.0 Å². The fourth-order valence-corrected chi connectivity index (χ4v) is 1.97. The summed E-state index contributed by atoms with van der Waals surface area (Å²) in [4.78, 5) is 15.1. The Labute approximate surface area is 112 Å². The van der Waals surface area contributed by atoms with Crippen molar-refractivity contribution in [3.05, 3.63) is 47.3 Å². The fourth-order valence-electron chi connectivity index (χ4n) is 1.97. The van der Waals surface area contributed by atoms with Gasteiger partial charge in [-0.15, -0.1) is 0 Å². The number of H-pyrrole nitrogens is 1. The third kappa shape index (κ3) is 3.37. The Kier molecular flexibility index (Phi) is 3.90. The fraction of sp³-hybridized carbons (Fsp3) is 0.267. The van der Waals surface area contributed by atoms with Crippen LogP contribution in [-0.4, -0.2) is 18.0 Å². The van der Waals surface area contributed by atoms with E-state index < -0.39 is 0 Å². The Balaban J connectivity index is 2.08. The molecule has 4 nitrogen and oxygen atoms in total. The molecule has 0 spiro atoms. The highest BCUT2D eigenvalue weighted by Crippen LogP contribution is 2.25. The molecule has 0 aliphatic heterocycles. The number of aromatic nitrogens is 1. The van der Waals surface area contributed by atoms with Gasteiger partial charge in [0.1, 0.15) is 5.75 Å². The van der Waals surface area contributed by atoms with Gasteiger partial charge in [0.25, 0.3) is 0 Å². The monoisotopic (exact) mass is 258 g/mol. The first-order valence-corrected chi connectivity index (χ1v) is 6.17. The molecular formula is C15H18N2O2. The molecule has 2 N–H and O–H groups in total. The van der Waals surface area contributed by atoms with Crippen LogP contribution < -0.4 is 10.1 Å². The molecule has 0 atom stereocenters. The summed E-state index contributed by atoms with van der Waals surface area (Å²) >= 11 is 0. The Hall–Kier alpha value is -2.23. The van der Waals surface area contributed by atoms with Gasteiger partial charge in [-0.1, -0.05) is 6.07 Å². The van der Waals surface area contributed by atoms with E-state index in [1.165, 1.54) is 0 Å². The summed E-state index contributed by atoms with van der Waals surface area (Å²) in [6.45, 7) is 3.94. The average molecular weight is 258 g/mol. The maximum Gasteiger partial charge on any atom is 0.228 e. The van der Waals surface area contributed by atoms with Crippen molar-refractivity contribution in [1.29, 1.82) is 0 Å². The molecule has 0 unspecified atom stereocenters. The Morgan fingerprint density at radius 2 is 2.11 bits per heavy atom. The second-order valence-corrected chi connectivity index (χ2v) is 4.62. The predicted octanol–water partition coefficient (Wildman–Crippen LogP) is 2.82. The SMILES string of the molecule is COc1ccc(C)cc1NC(=O)Cc1c[nH]c(C)c1. The smallest absolute Gasteiger partial charge is 0.228 e. The lowest BCUT2D eigenvalue weighted by Gasteiger charge is -2.10. The van der Waals surface area contributed by atoms with E-state index in [4.69, 9.17) is 4.74 Å². The van der Waals surface area contributed by atoms with E-state index in [1.54, 1.807) is 7.11 Å². The number of carbonyl (C=O) groups excluding carboxylic acids is 1. The molecule has 1 aromatic heterocycles. The summed E-state index contributed by atoms with van der Waals surface area (Å²) in [5.41, 5.74) is 3.81. The van der Waals surface area contributed by atoms with Gasteiger partial charge in [-0.3, -0.25) is 4.79 Å². The Bertz CT molecular complexity index is 588. The first kappa shape index (κ1) is 13.2. The van der Waals surface area contributed by atoms with Gasteiger partial charge in [0.05, 0.1) is 19.2 Å². The van der Waals surface area contributed by atoms with Crippen LogP contribution in [0.2, 0.25) is 0 Å². The van der Waals surface area contributed by atoms with E-state index in [-0.39, 0.29) is 5.91 Å². The van der Waals surface area contributed by atoms with Crippen molar-refractivity contribution in [3.8, 4) is 5.75 Å². The maximum absolute atomic E-state index is 12.0. The van der Waals surface area contributed by atoms with Gasteiger partial charge in [-0.2, -0.15) is 0 Å². The highest BCUT2D eigenvalue weighted by molar-refractivity contribution is 5.93. The van der Waals surface area contributed by atoms with Crippen LogP contribution in [0, 0.1) is 13.8 Å². The number of anilines is 1. The number of methoxy groups -OCH3 is 1. The number of carbonyl (C=O) groups is 1. The largest absolute Gasteiger partial charge is 0.495 e. The highest BCUT2D eigenvalue weighted by atomic mass is 16.5. The van der Waals surface area contributed by atoms with Crippen LogP contribution in [0.15, 0.2) is 30.5 Å². The number of hydrogen-bond acceptors (Lipinski definition) is 2. The molecule has 4 heteroatoms. The van der Waals surface area contributed by atoms with Gasteiger partial charge in [-0.25, -0.2) is 0 Å². The van der Waals surface area contributed by atoms with Crippen molar-refractivity contribution in [1.82, 2.24) is 4.98 Å². The van der Waals surface area contributed by atoms with E-state index >= 15 is 0 Å². The third-order valence-electron chi connectivity index (χ3n) is 2.88. The summed E-state index contributed by atoms with van der Waals surface area (Å²) < 4.78 is 5.23. The van der Waals surface area contributed by atoms with E-state index in [9.17, 15) is 4.79 Å². The van der Waals surface area contributed by atoms with Crippen LogP contribution in [0.3, 0.4) is 0 Å². The zero-order valence-electron chi connectivity index (χ0n) is 11.4. The van der Waals surface area contributed by atoms with Crippen LogP contribution >= 0.6 is 0 Å². The van der Waals surface area contributed by atoms with Gasteiger partial charge in [0, 0.05) is 11.9 Å². The number of amides is 1. The number of ether oxygens (including phenoxy) is 1. The minimum atomic E-state index is -0.0529. The molecule has 0 saturated carbocycles. The quantitative estimate of drug-likeness (QED) is 0.886. The lowest BCUT2D eigenvalue weighted by atomic mass is 10.2. The molecule has 2 rings (SSSR count). The minimum Gasteiger partial charge on any atom is -0.495 e. The highest BCUT2D eigenvalue weighted by Gasteiger charge is 2.09. The molecule has 1 heterocycles. The van der Waals surface area contributed by atoms with Gasteiger partial charge in [-0.05, 0) is 43.2 Å². The van der Waals surface area contributed by atoms with E-state index in [1.807, 2.05) is 44.3 Å². The molecule has 0 saturated heterocycles. The number of hydrogen-bond donors (Lipinski definition) is 2. The lowest BCUT2D eigenvalue weighted by Crippen LogP contribution is -2.14. The molecule has 100 valence electrons. The summed E-state index contributed by atoms with van der Waals surface area (Å²) in [5, 5.41) is 2.88. The number of nitrogens with one attached hydrogen (secondary N) is 2. The molecule has 2 aromatic rings. The van der Waals surface area contributed by atoms with Crippen LogP contribution in [0.25, 0.3) is 0 Å². The summed E-state index contributed by atoms with van der Waals surface area (Å²) in [6.07, 6.45) is 2.20. The molecule has 0 aliphatic rings. The summed E-state index contributed by atoms with van der Waals surface area (Å²) in [6, 6.07) is 7.67. The van der Waals surface area contributed by atoms with Crippen molar-refractivity contribution in [2.75, 3.05) is 12.4 Å². The van der Waals surface area contributed by atoms with Crippen LogP contribution in [0.4, 0.5) is 5.69 Å². The predicted molar refractivity (Wildman–Crippen MR) is 75.6 cm³/mol. The standard InChI is InChI=1S/C15H18N2O2/c1-10-4-5-14(19-3)13(6-10)17-15(18)8-12-7-11(2)16-9-12/h4-7,9,16H,8H2,1-3H3,(H,17,18). The summed E-state index contributed by atoms with van der Waals surface area (Å²) in [7, 11) is 1.59. The first-order chi connectivity index (χ1) is 9.08. The topological polar surface area (TPSA) is 54.1 Å². The van der Waals surface area contributed by atoms with Crippen molar-refractivity contribution in [2.24, 2.45) is 0 Å². The maximum atomic E-state index is 12.0. The van der Waals surface area contributed by atoms with Crippen LogP contribution in [0.1, 0.15) is 16.8 Å². The molecule has 1 amide bonds. The molecule has 0 fully saturated rings. The minimum absolute atomic E-state index is 0.0529. The Morgan fingerprint density at radius 1 is 1.32 bits per heavy atom. The molecular weight excluding hydrogens is 240 g/mol. The molecule has 0 radical (unpaired) electrons. The molecule has 0 aliphatic carbocycles. The zero-order valence-corrected chi connectivity index (χ0v) is 11.4. The van der Waals surface area contributed by atoms with E-state index in [2.05, 4.69) is 10.3 Å². The first-order valence-electron chi connectivity index (χ1n) is 6.17. The van der Waals surface area contributed by atoms with Crippen LogP contribution in [-0.2, 0) is 11.2 Å². The van der Waals surface area contributed by atoms with Crippen molar-refractivity contribution in [2.45, 2.75) is 20.3 Å². The van der Waals surface area contributed by atoms with Crippen molar-refractivity contribution >= 4 is 11.6 Å². The average Bonchev–Trinajstić information content (AvgIpc) is 2.75. The second kappa shape index (κ2) is 5.61. The number of aryl methyl sites for hydroxylation is 2.